The lowest BCUT2D eigenvalue weighted by atomic mass is 9.99. The zero-order valence-electron chi connectivity index (χ0n) is 16.4. The van der Waals surface area contributed by atoms with E-state index in [9.17, 15) is 0 Å². The van der Waals surface area contributed by atoms with Gasteiger partial charge in [-0.25, -0.2) is 4.99 Å². The van der Waals surface area contributed by atoms with E-state index in [1.807, 2.05) is 11.7 Å². The minimum absolute atomic E-state index is 0. The number of hydrogen-bond donors (Lipinski definition) is 2. The highest BCUT2D eigenvalue weighted by Gasteiger charge is 2.15. The van der Waals surface area contributed by atoms with Crippen molar-refractivity contribution in [2.75, 3.05) is 32.7 Å². The van der Waals surface area contributed by atoms with Crippen molar-refractivity contribution in [3.8, 4) is 0 Å². The second kappa shape index (κ2) is 11.0. The van der Waals surface area contributed by atoms with Crippen LogP contribution in [0.5, 0.6) is 0 Å². The lowest BCUT2D eigenvalue weighted by Gasteiger charge is -2.30. The second-order valence-electron chi connectivity index (χ2n) is 6.92. The van der Waals surface area contributed by atoms with Crippen molar-refractivity contribution in [3.05, 3.63) is 17.0 Å². The fraction of sp³-hybridized carbons (Fsp3) is 0.778. The van der Waals surface area contributed by atoms with Gasteiger partial charge in [0.15, 0.2) is 5.96 Å². The number of likely N-dealkylation sites (tertiary alicyclic amines) is 1. The van der Waals surface area contributed by atoms with Crippen molar-refractivity contribution in [1.82, 2.24) is 25.3 Å². The van der Waals surface area contributed by atoms with E-state index in [4.69, 9.17) is 4.99 Å². The molecule has 2 N–H and O–H groups in total. The third-order valence-corrected chi connectivity index (χ3v) is 5.00. The topological polar surface area (TPSA) is 57.5 Å². The third-order valence-electron chi connectivity index (χ3n) is 5.00. The SMILES string of the molecule is CCNC(=NCc1c(C)nn(C)c1C)NCCN1CCC(C)CC1.I. The van der Waals surface area contributed by atoms with E-state index >= 15 is 0 Å². The molecule has 0 amide bonds. The molecule has 0 aliphatic carbocycles. The number of nitrogens with zero attached hydrogens (tertiary/aromatic N) is 4. The first-order valence-corrected chi connectivity index (χ1v) is 9.24. The summed E-state index contributed by atoms with van der Waals surface area (Å²) in [5.74, 6) is 1.78. The maximum Gasteiger partial charge on any atom is 0.191 e. The van der Waals surface area contributed by atoms with Gasteiger partial charge in [-0.05, 0) is 52.6 Å². The molecule has 1 aliphatic heterocycles. The lowest BCUT2D eigenvalue weighted by molar-refractivity contribution is 0.195. The molecule has 2 rings (SSSR count). The summed E-state index contributed by atoms with van der Waals surface area (Å²) >= 11 is 0. The Morgan fingerprint density at radius 2 is 1.92 bits per heavy atom. The molecule has 0 spiro atoms. The van der Waals surface area contributed by atoms with Crippen molar-refractivity contribution < 1.29 is 0 Å². The van der Waals surface area contributed by atoms with Gasteiger partial charge < -0.3 is 15.5 Å². The number of piperidine rings is 1. The van der Waals surface area contributed by atoms with Gasteiger partial charge in [-0.15, -0.1) is 24.0 Å². The van der Waals surface area contributed by atoms with Gasteiger partial charge in [-0.3, -0.25) is 4.68 Å². The minimum Gasteiger partial charge on any atom is -0.357 e. The standard InChI is InChI=1S/C18H34N6.HI/c1-6-19-18(20-9-12-24-10-7-14(2)8-11-24)21-13-17-15(3)22-23(5)16(17)4;/h14H,6-13H2,1-5H3,(H2,19,20,21);1H. The fourth-order valence-electron chi connectivity index (χ4n) is 3.16. The summed E-state index contributed by atoms with van der Waals surface area (Å²) in [5, 5.41) is 11.3. The normalized spacial score (nSPS) is 16.6. The molecule has 6 nitrogen and oxygen atoms in total. The number of hydrogen-bond acceptors (Lipinski definition) is 3. The summed E-state index contributed by atoms with van der Waals surface area (Å²) in [5.41, 5.74) is 3.48. The molecule has 2 heterocycles. The Balaban J connectivity index is 0.00000312. The molecule has 0 bridgehead atoms. The zero-order chi connectivity index (χ0) is 17.5. The van der Waals surface area contributed by atoms with Gasteiger partial charge in [-0.2, -0.15) is 5.10 Å². The van der Waals surface area contributed by atoms with Crippen LogP contribution in [0.15, 0.2) is 4.99 Å². The Kier molecular flexibility index (Phi) is 9.78. The van der Waals surface area contributed by atoms with Crippen LogP contribution in [0.25, 0.3) is 0 Å². The first-order chi connectivity index (χ1) is 11.5. The molecule has 0 unspecified atom stereocenters. The van der Waals surface area contributed by atoms with Gasteiger partial charge in [0.1, 0.15) is 0 Å². The quantitative estimate of drug-likeness (QED) is 0.388. The second-order valence-corrected chi connectivity index (χ2v) is 6.92. The molecule has 0 saturated carbocycles. The predicted octanol–water partition coefficient (Wildman–Crippen LogP) is 2.44. The number of aromatic nitrogens is 2. The smallest absolute Gasteiger partial charge is 0.191 e. The highest BCUT2D eigenvalue weighted by molar-refractivity contribution is 14.0. The van der Waals surface area contributed by atoms with Crippen molar-refractivity contribution in [2.45, 2.75) is 47.1 Å². The first kappa shape index (κ1) is 22.2. The summed E-state index contributed by atoms with van der Waals surface area (Å²) < 4.78 is 1.93. The van der Waals surface area contributed by atoms with Gasteiger partial charge in [0.2, 0.25) is 0 Å². The van der Waals surface area contributed by atoms with Crippen molar-refractivity contribution in [2.24, 2.45) is 18.0 Å². The van der Waals surface area contributed by atoms with Crippen LogP contribution in [0.1, 0.15) is 43.6 Å². The Labute approximate surface area is 169 Å². The number of halogens is 1. The fourth-order valence-corrected chi connectivity index (χ4v) is 3.16. The highest BCUT2D eigenvalue weighted by atomic mass is 127. The molecular weight excluding hydrogens is 427 g/mol. The van der Waals surface area contributed by atoms with Gasteiger partial charge in [0, 0.05) is 37.9 Å². The zero-order valence-corrected chi connectivity index (χ0v) is 18.8. The molecule has 1 saturated heterocycles. The van der Waals surface area contributed by atoms with Crippen LogP contribution in [0, 0.1) is 19.8 Å². The van der Waals surface area contributed by atoms with E-state index < -0.39 is 0 Å². The highest BCUT2D eigenvalue weighted by Crippen LogP contribution is 2.15. The van der Waals surface area contributed by atoms with Crippen LogP contribution in [0.4, 0.5) is 0 Å². The number of rotatable bonds is 6. The maximum absolute atomic E-state index is 4.74. The molecule has 1 aliphatic rings. The lowest BCUT2D eigenvalue weighted by Crippen LogP contribution is -2.43. The molecule has 25 heavy (non-hydrogen) atoms. The molecule has 0 radical (unpaired) electrons. The van der Waals surface area contributed by atoms with Crippen LogP contribution in [-0.2, 0) is 13.6 Å². The summed E-state index contributed by atoms with van der Waals surface area (Å²) in [7, 11) is 1.98. The first-order valence-electron chi connectivity index (χ1n) is 9.24. The summed E-state index contributed by atoms with van der Waals surface area (Å²) in [6.45, 7) is 14.6. The molecule has 0 aromatic carbocycles. The van der Waals surface area contributed by atoms with Gasteiger partial charge >= 0.3 is 0 Å². The monoisotopic (exact) mass is 462 g/mol. The Bertz CT molecular complexity index is 546. The average molecular weight is 462 g/mol. The number of aliphatic imine (C=N–C) groups is 1. The number of aryl methyl sites for hydroxylation is 2. The molecule has 1 fully saturated rings. The van der Waals surface area contributed by atoms with Crippen molar-refractivity contribution in [1.29, 1.82) is 0 Å². The summed E-state index contributed by atoms with van der Waals surface area (Å²) in [6, 6.07) is 0. The van der Waals surface area contributed by atoms with Gasteiger partial charge in [0.05, 0.1) is 12.2 Å². The largest absolute Gasteiger partial charge is 0.357 e. The van der Waals surface area contributed by atoms with E-state index in [0.717, 1.165) is 37.2 Å². The predicted molar refractivity (Wildman–Crippen MR) is 116 cm³/mol. The molecule has 7 heteroatoms. The summed E-state index contributed by atoms with van der Waals surface area (Å²) in [6.07, 6.45) is 2.65. The maximum atomic E-state index is 4.74. The van der Waals surface area contributed by atoms with E-state index in [2.05, 4.69) is 48.3 Å². The number of nitrogens with one attached hydrogen (secondary N) is 2. The van der Waals surface area contributed by atoms with Crippen LogP contribution < -0.4 is 10.6 Å². The molecule has 0 atom stereocenters. The van der Waals surface area contributed by atoms with Gasteiger partial charge in [-0.1, -0.05) is 6.92 Å². The van der Waals surface area contributed by atoms with Crippen LogP contribution >= 0.6 is 24.0 Å². The molecule has 144 valence electrons. The average Bonchev–Trinajstić information content (AvgIpc) is 2.80. The van der Waals surface area contributed by atoms with E-state index in [0.29, 0.717) is 6.54 Å². The van der Waals surface area contributed by atoms with E-state index in [1.165, 1.54) is 37.2 Å². The van der Waals surface area contributed by atoms with Crippen LogP contribution in [0.3, 0.4) is 0 Å². The van der Waals surface area contributed by atoms with Crippen molar-refractivity contribution >= 4 is 29.9 Å². The van der Waals surface area contributed by atoms with Gasteiger partial charge in [0.25, 0.3) is 0 Å². The van der Waals surface area contributed by atoms with E-state index in [-0.39, 0.29) is 24.0 Å². The summed E-state index contributed by atoms with van der Waals surface area (Å²) in [4.78, 5) is 7.28. The Hall–Kier alpha value is -0.830. The van der Waals surface area contributed by atoms with E-state index in [1.54, 1.807) is 0 Å². The molecule has 1 aromatic heterocycles. The Morgan fingerprint density at radius 3 is 2.48 bits per heavy atom. The number of guanidine groups is 1. The molecule has 1 aromatic rings. The molecular formula is C18H35IN6. The van der Waals surface area contributed by atoms with Crippen molar-refractivity contribution in [3.63, 3.8) is 0 Å². The Morgan fingerprint density at radius 1 is 1.24 bits per heavy atom. The van der Waals surface area contributed by atoms with Crippen LogP contribution in [-0.4, -0.2) is 53.4 Å². The minimum atomic E-state index is 0. The third kappa shape index (κ3) is 6.77. The van der Waals surface area contributed by atoms with Crippen LogP contribution in [0.2, 0.25) is 0 Å².